The third-order valence-electron chi connectivity index (χ3n) is 2.23. The van der Waals surface area contributed by atoms with Crippen LogP contribution in [0.5, 0.6) is 0 Å². The van der Waals surface area contributed by atoms with Crippen molar-refractivity contribution in [1.82, 2.24) is 9.97 Å². The van der Waals surface area contributed by atoms with Gasteiger partial charge in [0, 0.05) is 18.3 Å². The lowest BCUT2D eigenvalue weighted by molar-refractivity contribution is 1.05. The fourth-order valence-electron chi connectivity index (χ4n) is 1.47. The topological polar surface area (TPSA) is 51.8 Å². The number of aromatic nitrogens is 2. The molecule has 0 radical (unpaired) electrons. The van der Waals surface area contributed by atoms with Crippen LogP contribution in [0.1, 0.15) is 11.4 Å². The molecule has 0 atom stereocenters. The van der Waals surface area contributed by atoms with Gasteiger partial charge in [0.05, 0.1) is 5.69 Å². The van der Waals surface area contributed by atoms with E-state index in [-0.39, 0.29) is 0 Å². The minimum atomic E-state index is 0.553. The lowest BCUT2D eigenvalue weighted by Crippen LogP contribution is -1.96. The van der Waals surface area contributed by atoms with Gasteiger partial charge in [-0.3, -0.25) is 0 Å². The molecule has 0 aliphatic heterocycles. The summed E-state index contributed by atoms with van der Waals surface area (Å²) in [6, 6.07) is 10.00. The molecule has 0 saturated heterocycles. The van der Waals surface area contributed by atoms with Gasteiger partial charge in [-0.05, 0) is 24.6 Å². The van der Waals surface area contributed by atoms with Crippen molar-refractivity contribution in [3.63, 3.8) is 0 Å². The van der Waals surface area contributed by atoms with E-state index in [1.165, 1.54) is 0 Å². The van der Waals surface area contributed by atoms with Gasteiger partial charge in [0.1, 0.15) is 5.82 Å². The molecule has 0 fully saturated rings. The first-order valence-electron chi connectivity index (χ1n) is 4.88. The Hall–Kier alpha value is -1.74. The van der Waals surface area contributed by atoms with Crippen LogP contribution in [0.15, 0.2) is 36.5 Å². The van der Waals surface area contributed by atoms with Crippen molar-refractivity contribution in [2.24, 2.45) is 5.73 Å². The summed E-state index contributed by atoms with van der Waals surface area (Å²) in [6.07, 6.45) is 1.77. The molecule has 2 aromatic rings. The molecular weight excluding hydrogens is 186 g/mol. The Morgan fingerprint density at radius 3 is 2.87 bits per heavy atom. The summed E-state index contributed by atoms with van der Waals surface area (Å²) in [6.45, 7) is 2.44. The zero-order valence-electron chi connectivity index (χ0n) is 8.64. The van der Waals surface area contributed by atoms with Crippen LogP contribution in [-0.4, -0.2) is 9.97 Å². The number of nitrogens with zero attached hydrogens (tertiary/aromatic N) is 2. The zero-order chi connectivity index (χ0) is 10.7. The molecule has 3 heteroatoms. The van der Waals surface area contributed by atoms with Crippen LogP contribution >= 0.6 is 0 Å². The number of hydrogen-bond donors (Lipinski definition) is 1. The SMILES string of the molecule is Cc1nccc(-c2cccc(CN)c2)n1. The third-order valence-corrected chi connectivity index (χ3v) is 2.23. The monoisotopic (exact) mass is 199 g/mol. The van der Waals surface area contributed by atoms with Crippen LogP contribution < -0.4 is 5.73 Å². The summed E-state index contributed by atoms with van der Waals surface area (Å²) in [5.74, 6) is 0.783. The van der Waals surface area contributed by atoms with Gasteiger partial charge in [0.2, 0.25) is 0 Å². The van der Waals surface area contributed by atoms with Gasteiger partial charge in [0.25, 0.3) is 0 Å². The molecule has 1 heterocycles. The molecule has 0 saturated carbocycles. The van der Waals surface area contributed by atoms with E-state index >= 15 is 0 Å². The minimum Gasteiger partial charge on any atom is -0.326 e. The summed E-state index contributed by atoms with van der Waals surface area (Å²) in [7, 11) is 0. The largest absolute Gasteiger partial charge is 0.326 e. The molecule has 76 valence electrons. The maximum atomic E-state index is 5.59. The van der Waals surface area contributed by atoms with E-state index in [2.05, 4.69) is 16.0 Å². The van der Waals surface area contributed by atoms with Crippen LogP contribution in [0.25, 0.3) is 11.3 Å². The standard InChI is InChI=1S/C12H13N3/c1-9-14-6-5-12(15-9)11-4-2-3-10(7-11)8-13/h2-7H,8,13H2,1H3. The van der Waals surface area contributed by atoms with Gasteiger partial charge in [-0.25, -0.2) is 9.97 Å². The Labute approximate surface area is 89.0 Å². The predicted octanol–water partition coefficient (Wildman–Crippen LogP) is 1.91. The van der Waals surface area contributed by atoms with E-state index < -0.39 is 0 Å². The Morgan fingerprint density at radius 1 is 1.27 bits per heavy atom. The molecule has 0 bridgehead atoms. The average molecular weight is 199 g/mol. The van der Waals surface area contributed by atoms with Gasteiger partial charge in [0.15, 0.2) is 0 Å². The normalized spacial score (nSPS) is 10.3. The second-order valence-corrected chi connectivity index (χ2v) is 3.39. The first kappa shape index (κ1) is 9.80. The first-order valence-corrected chi connectivity index (χ1v) is 4.88. The van der Waals surface area contributed by atoms with Crippen LogP contribution in [0, 0.1) is 6.92 Å². The molecule has 0 aliphatic rings. The average Bonchev–Trinajstić information content (AvgIpc) is 2.29. The summed E-state index contributed by atoms with van der Waals surface area (Å²) in [5, 5.41) is 0. The maximum Gasteiger partial charge on any atom is 0.125 e. The van der Waals surface area contributed by atoms with Crippen molar-refractivity contribution in [3.8, 4) is 11.3 Å². The highest BCUT2D eigenvalue weighted by Crippen LogP contribution is 2.17. The Balaban J connectivity index is 2.44. The molecule has 0 amide bonds. The number of hydrogen-bond acceptors (Lipinski definition) is 3. The summed E-state index contributed by atoms with van der Waals surface area (Å²) >= 11 is 0. The van der Waals surface area contributed by atoms with Crippen molar-refractivity contribution in [2.75, 3.05) is 0 Å². The van der Waals surface area contributed by atoms with Crippen molar-refractivity contribution in [1.29, 1.82) is 0 Å². The lowest BCUT2D eigenvalue weighted by Gasteiger charge is -2.03. The molecule has 1 aromatic carbocycles. The lowest BCUT2D eigenvalue weighted by atomic mass is 10.1. The molecule has 15 heavy (non-hydrogen) atoms. The van der Waals surface area contributed by atoms with Gasteiger partial charge >= 0.3 is 0 Å². The molecular formula is C12H13N3. The predicted molar refractivity (Wildman–Crippen MR) is 60.1 cm³/mol. The number of nitrogens with two attached hydrogens (primary N) is 1. The summed E-state index contributed by atoms with van der Waals surface area (Å²) in [5.41, 5.74) is 8.74. The van der Waals surface area contributed by atoms with Crippen molar-refractivity contribution < 1.29 is 0 Å². The van der Waals surface area contributed by atoms with Crippen LogP contribution in [0.3, 0.4) is 0 Å². The molecule has 0 spiro atoms. The quantitative estimate of drug-likeness (QED) is 0.803. The van der Waals surface area contributed by atoms with E-state index in [9.17, 15) is 0 Å². The van der Waals surface area contributed by atoms with E-state index in [0.717, 1.165) is 22.6 Å². The van der Waals surface area contributed by atoms with E-state index in [1.807, 2.05) is 31.2 Å². The van der Waals surface area contributed by atoms with E-state index in [1.54, 1.807) is 6.20 Å². The molecule has 2 rings (SSSR count). The Morgan fingerprint density at radius 2 is 2.13 bits per heavy atom. The van der Waals surface area contributed by atoms with E-state index in [4.69, 9.17) is 5.73 Å². The zero-order valence-corrected chi connectivity index (χ0v) is 8.64. The highest BCUT2D eigenvalue weighted by molar-refractivity contribution is 5.59. The second-order valence-electron chi connectivity index (χ2n) is 3.39. The highest BCUT2D eigenvalue weighted by atomic mass is 14.9. The summed E-state index contributed by atoms with van der Waals surface area (Å²) in [4.78, 5) is 8.44. The maximum absolute atomic E-state index is 5.59. The minimum absolute atomic E-state index is 0.553. The van der Waals surface area contributed by atoms with Crippen molar-refractivity contribution in [3.05, 3.63) is 47.9 Å². The van der Waals surface area contributed by atoms with Gasteiger partial charge in [-0.2, -0.15) is 0 Å². The van der Waals surface area contributed by atoms with Crippen LogP contribution in [0.2, 0.25) is 0 Å². The smallest absolute Gasteiger partial charge is 0.125 e. The van der Waals surface area contributed by atoms with Crippen molar-refractivity contribution >= 4 is 0 Å². The molecule has 0 aliphatic carbocycles. The number of rotatable bonds is 2. The Bertz CT molecular complexity index is 466. The highest BCUT2D eigenvalue weighted by Gasteiger charge is 2.00. The van der Waals surface area contributed by atoms with Gasteiger partial charge in [-0.1, -0.05) is 18.2 Å². The molecule has 2 N–H and O–H groups in total. The van der Waals surface area contributed by atoms with Gasteiger partial charge < -0.3 is 5.73 Å². The number of aryl methyl sites for hydroxylation is 1. The second kappa shape index (κ2) is 4.19. The third kappa shape index (κ3) is 2.19. The fourth-order valence-corrected chi connectivity index (χ4v) is 1.47. The molecule has 0 unspecified atom stereocenters. The number of benzene rings is 1. The Kier molecular flexibility index (Phi) is 2.74. The molecule has 3 nitrogen and oxygen atoms in total. The van der Waals surface area contributed by atoms with Crippen LogP contribution in [-0.2, 0) is 6.54 Å². The molecule has 1 aromatic heterocycles. The fraction of sp³-hybridized carbons (Fsp3) is 0.167. The summed E-state index contributed by atoms with van der Waals surface area (Å²) < 4.78 is 0. The van der Waals surface area contributed by atoms with Crippen LogP contribution in [0.4, 0.5) is 0 Å². The van der Waals surface area contributed by atoms with E-state index in [0.29, 0.717) is 6.54 Å². The first-order chi connectivity index (χ1) is 7.29. The van der Waals surface area contributed by atoms with Gasteiger partial charge in [-0.15, -0.1) is 0 Å². The van der Waals surface area contributed by atoms with Crippen molar-refractivity contribution in [2.45, 2.75) is 13.5 Å².